The molecule has 2 rings (SSSR count). The van der Waals surface area contributed by atoms with E-state index in [9.17, 15) is 14.4 Å². The zero-order valence-electron chi connectivity index (χ0n) is 12.2. The summed E-state index contributed by atoms with van der Waals surface area (Å²) in [5.41, 5.74) is 0.846. The molecule has 1 atom stereocenters. The molecule has 1 aliphatic heterocycles. The summed E-state index contributed by atoms with van der Waals surface area (Å²) < 4.78 is 14.8. The van der Waals surface area contributed by atoms with Crippen LogP contribution in [-0.4, -0.2) is 42.3 Å². The first-order chi connectivity index (χ1) is 10.6. The number of benzene rings is 1. The Hall–Kier alpha value is -2.57. The van der Waals surface area contributed by atoms with Gasteiger partial charge in [-0.15, -0.1) is 0 Å². The fraction of sp³-hybridized carbons (Fsp3) is 0.400. The molecular formula is C15H17NO6. The predicted octanol–water partition coefficient (Wildman–Crippen LogP) is 1.46. The second kappa shape index (κ2) is 7.44. The van der Waals surface area contributed by atoms with Gasteiger partial charge in [0.2, 0.25) is 0 Å². The Bertz CT molecular complexity index is 544. The van der Waals surface area contributed by atoms with Crippen molar-refractivity contribution in [3.63, 3.8) is 0 Å². The van der Waals surface area contributed by atoms with Crippen molar-refractivity contribution < 1.29 is 28.6 Å². The minimum atomic E-state index is -0.789. The van der Waals surface area contributed by atoms with Crippen molar-refractivity contribution in [2.75, 3.05) is 13.3 Å². The molecule has 0 radical (unpaired) electrons. The van der Waals surface area contributed by atoms with Gasteiger partial charge in [-0.2, -0.15) is 0 Å². The fourth-order valence-electron chi connectivity index (χ4n) is 2.02. The van der Waals surface area contributed by atoms with Gasteiger partial charge in [0, 0.05) is 13.3 Å². The fourth-order valence-corrected chi connectivity index (χ4v) is 2.02. The van der Waals surface area contributed by atoms with E-state index in [2.05, 4.69) is 0 Å². The molecule has 7 heteroatoms. The highest BCUT2D eigenvalue weighted by atomic mass is 16.6. The van der Waals surface area contributed by atoms with Crippen molar-refractivity contribution in [1.29, 1.82) is 0 Å². The molecule has 1 aliphatic rings. The van der Waals surface area contributed by atoms with Crippen LogP contribution in [0.5, 0.6) is 0 Å². The highest BCUT2D eigenvalue weighted by Gasteiger charge is 2.38. The topological polar surface area (TPSA) is 82.1 Å². The Morgan fingerprint density at radius 1 is 1.27 bits per heavy atom. The van der Waals surface area contributed by atoms with Crippen molar-refractivity contribution in [2.45, 2.75) is 26.0 Å². The lowest BCUT2D eigenvalue weighted by Gasteiger charge is -2.19. The van der Waals surface area contributed by atoms with E-state index in [-0.39, 0.29) is 26.4 Å². The van der Waals surface area contributed by atoms with E-state index in [1.165, 1.54) is 11.8 Å². The van der Waals surface area contributed by atoms with Gasteiger partial charge in [0.1, 0.15) is 12.6 Å². The molecule has 7 nitrogen and oxygen atoms in total. The molecule has 1 heterocycles. The van der Waals surface area contributed by atoms with Gasteiger partial charge < -0.3 is 14.2 Å². The van der Waals surface area contributed by atoms with Crippen LogP contribution in [0.2, 0.25) is 0 Å². The van der Waals surface area contributed by atoms with Crippen LogP contribution in [0.15, 0.2) is 30.3 Å². The standard InChI is InChI=1S/C15H17NO6/c1-11(17)20-8-7-13-14(18)22-10-16(13)15(19)21-9-12-5-3-2-4-6-12/h2-6,13H,7-10H2,1H3/t13-/m0/s1. The van der Waals surface area contributed by atoms with Crippen LogP contribution in [0.1, 0.15) is 18.9 Å². The first kappa shape index (κ1) is 15.8. The number of hydrogen-bond acceptors (Lipinski definition) is 6. The molecule has 0 spiro atoms. The van der Waals surface area contributed by atoms with E-state index in [0.717, 1.165) is 5.56 Å². The minimum Gasteiger partial charge on any atom is -0.466 e. The summed E-state index contributed by atoms with van der Waals surface area (Å²) in [6.07, 6.45) is -0.457. The second-order valence-corrected chi connectivity index (χ2v) is 4.75. The van der Waals surface area contributed by atoms with Crippen molar-refractivity contribution in [2.24, 2.45) is 0 Å². The molecule has 118 valence electrons. The molecule has 0 unspecified atom stereocenters. The number of carbonyl (C=O) groups is 3. The number of nitrogens with zero attached hydrogens (tertiary/aromatic N) is 1. The van der Waals surface area contributed by atoms with Crippen LogP contribution >= 0.6 is 0 Å². The predicted molar refractivity (Wildman–Crippen MR) is 74.5 cm³/mol. The summed E-state index contributed by atoms with van der Waals surface area (Å²) in [5, 5.41) is 0. The van der Waals surface area contributed by atoms with Gasteiger partial charge in [-0.3, -0.25) is 9.69 Å². The van der Waals surface area contributed by atoms with E-state index in [1.54, 1.807) is 0 Å². The smallest absolute Gasteiger partial charge is 0.413 e. The van der Waals surface area contributed by atoms with Gasteiger partial charge in [-0.1, -0.05) is 30.3 Å². The van der Waals surface area contributed by atoms with Gasteiger partial charge in [-0.05, 0) is 5.56 Å². The molecule has 1 amide bonds. The number of ether oxygens (including phenoxy) is 3. The van der Waals surface area contributed by atoms with Crippen molar-refractivity contribution in [1.82, 2.24) is 4.90 Å². The average Bonchev–Trinajstić information content (AvgIpc) is 2.87. The maximum Gasteiger partial charge on any atom is 0.413 e. The third-order valence-corrected chi connectivity index (χ3v) is 3.13. The molecular weight excluding hydrogens is 290 g/mol. The van der Waals surface area contributed by atoms with E-state index in [4.69, 9.17) is 14.2 Å². The lowest BCUT2D eigenvalue weighted by molar-refractivity contribution is -0.144. The molecule has 0 bridgehead atoms. The van der Waals surface area contributed by atoms with Crippen molar-refractivity contribution >= 4 is 18.0 Å². The van der Waals surface area contributed by atoms with Gasteiger partial charge in [0.05, 0.1) is 6.61 Å². The Morgan fingerprint density at radius 3 is 2.68 bits per heavy atom. The molecule has 1 saturated heterocycles. The molecule has 1 fully saturated rings. The normalized spacial score (nSPS) is 17.0. The first-order valence-electron chi connectivity index (χ1n) is 6.85. The Morgan fingerprint density at radius 2 is 2.00 bits per heavy atom. The summed E-state index contributed by atoms with van der Waals surface area (Å²) in [4.78, 5) is 35.6. The van der Waals surface area contributed by atoms with E-state index in [1.807, 2.05) is 30.3 Å². The second-order valence-electron chi connectivity index (χ2n) is 4.75. The van der Waals surface area contributed by atoms with Gasteiger partial charge in [0.25, 0.3) is 0 Å². The number of hydrogen-bond donors (Lipinski definition) is 0. The number of cyclic esters (lactones) is 1. The summed E-state index contributed by atoms with van der Waals surface area (Å²) in [7, 11) is 0. The van der Waals surface area contributed by atoms with Crippen molar-refractivity contribution in [3.8, 4) is 0 Å². The van der Waals surface area contributed by atoms with E-state index < -0.39 is 24.1 Å². The van der Waals surface area contributed by atoms with Crippen LogP contribution in [-0.2, 0) is 30.4 Å². The summed E-state index contributed by atoms with van der Waals surface area (Å²) in [5.74, 6) is -0.964. The molecule has 22 heavy (non-hydrogen) atoms. The molecule has 0 aromatic heterocycles. The largest absolute Gasteiger partial charge is 0.466 e. The summed E-state index contributed by atoms with van der Waals surface area (Å²) in [6, 6.07) is 8.42. The lowest BCUT2D eigenvalue weighted by atomic mass is 10.2. The number of rotatable bonds is 5. The van der Waals surface area contributed by atoms with E-state index >= 15 is 0 Å². The maximum atomic E-state index is 12.0. The Balaban J connectivity index is 1.87. The molecule has 0 saturated carbocycles. The van der Waals surface area contributed by atoms with Crippen LogP contribution in [0.3, 0.4) is 0 Å². The Kier molecular flexibility index (Phi) is 5.35. The number of esters is 2. The zero-order valence-corrected chi connectivity index (χ0v) is 12.2. The van der Waals surface area contributed by atoms with Crippen molar-refractivity contribution in [3.05, 3.63) is 35.9 Å². The highest BCUT2D eigenvalue weighted by Crippen LogP contribution is 2.17. The molecule has 1 aromatic carbocycles. The molecule has 1 aromatic rings. The average molecular weight is 307 g/mol. The summed E-state index contributed by atoms with van der Waals surface area (Å²) >= 11 is 0. The van der Waals surface area contributed by atoms with Crippen LogP contribution < -0.4 is 0 Å². The van der Waals surface area contributed by atoms with Gasteiger partial charge >= 0.3 is 18.0 Å². The SMILES string of the molecule is CC(=O)OCC[C@H]1C(=O)OCN1C(=O)OCc1ccccc1. The lowest BCUT2D eigenvalue weighted by Crippen LogP contribution is -2.39. The Labute approximate surface area is 127 Å². The monoisotopic (exact) mass is 307 g/mol. The third-order valence-electron chi connectivity index (χ3n) is 3.13. The summed E-state index contributed by atoms with van der Waals surface area (Å²) in [6.45, 7) is 1.27. The maximum absolute atomic E-state index is 12.0. The van der Waals surface area contributed by atoms with Gasteiger partial charge in [-0.25, -0.2) is 9.59 Å². The quantitative estimate of drug-likeness (QED) is 0.605. The molecule has 0 N–H and O–H groups in total. The highest BCUT2D eigenvalue weighted by molar-refractivity contribution is 5.83. The number of carbonyl (C=O) groups excluding carboxylic acids is 3. The number of amides is 1. The van der Waals surface area contributed by atoms with Crippen LogP contribution in [0, 0.1) is 0 Å². The first-order valence-corrected chi connectivity index (χ1v) is 6.85. The molecule has 0 aliphatic carbocycles. The van der Waals surface area contributed by atoms with E-state index in [0.29, 0.717) is 0 Å². The minimum absolute atomic E-state index is 0.0393. The third kappa shape index (κ3) is 4.21. The zero-order chi connectivity index (χ0) is 15.9. The van der Waals surface area contributed by atoms with Crippen LogP contribution in [0.4, 0.5) is 4.79 Å². The van der Waals surface area contributed by atoms with Gasteiger partial charge in [0.15, 0.2) is 6.73 Å². The van der Waals surface area contributed by atoms with Crippen LogP contribution in [0.25, 0.3) is 0 Å².